The fourth-order valence-electron chi connectivity index (χ4n) is 2.06. The van der Waals surface area contributed by atoms with Crippen LogP contribution in [0.4, 0.5) is 0 Å². The van der Waals surface area contributed by atoms with Gasteiger partial charge >= 0.3 is 0 Å². The van der Waals surface area contributed by atoms with Gasteiger partial charge in [-0.3, -0.25) is 4.79 Å². The highest BCUT2D eigenvalue weighted by atomic mass is 32.2. The molecule has 1 unspecified atom stereocenters. The first-order valence-corrected chi connectivity index (χ1v) is 8.17. The Morgan fingerprint density at radius 1 is 1.42 bits per heavy atom. The second kappa shape index (κ2) is 4.53. The maximum atomic E-state index is 12.3. The van der Waals surface area contributed by atoms with Crippen LogP contribution in [0, 0.1) is 19.3 Å². The molecular weight excluding hydrogens is 286 g/mol. The third-order valence-electron chi connectivity index (χ3n) is 3.14. The van der Waals surface area contributed by atoms with Crippen LogP contribution in [0.3, 0.4) is 0 Å². The van der Waals surface area contributed by atoms with E-state index in [1.165, 1.54) is 0 Å². The fraction of sp³-hybridized carbons (Fsp3) is 0.636. The molecular formula is C11H17N3O3S2. The van der Waals surface area contributed by atoms with Crippen molar-refractivity contribution in [1.29, 1.82) is 0 Å². The average molecular weight is 303 g/mol. The number of carbonyl (C=O) groups is 1. The van der Waals surface area contributed by atoms with Crippen molar-refractivity contribution in [3.05, 3.63) is 10.7 Å². The van der Waals surface area contributed by atoms with E-state index in [1.807, 2.05) is 13.8 Å². The van der Waals surface area contributed by atoms with Gasteiger partial charge in [0.05, 0.1) is 10.7 Å². The molecule has 2 N–H and O–H groups in total. The lowest BCUT2D eigenvalue weighted by Crippen LogP contribution is -2.46. The molecule has 0 bridgehead atoms. The second-order valence-electron chi connectivity index (χ2n) is 5.37. The molecule has 0 aliphatic carbocycles. The molecule has 0 spiro atoms. The minimum absolute atomic E-state index is 0.181. The first-order chi connectivity index (χ1) is 8.63. The lowest BCUT2D eigenvalue weighted by Gasteiger charge is -2.24. The minimum atomic E-state index is -3.71. The summed E-state index contributed by atoms with van der Waals surface area (Å²) in [6, 6.07) is -0.751. The van der Waals surface area contributed by atoms with Crippen molar-refractivity contribution in [2.45, 2.75) is 37.9 Å². The topological polar surface area (TPSA) is 88.2 Å². The quantitative estimate of drug-likeness (QED) is 0.854. The smallest absolute Gasteiger partial charge is 0.252 e. The summed E-state index contributed by atoms with van der Waals surface area (Å²) < 4.78 is 27.3. The summed E-state index contributed by atoms with van der Waals surface area (Å²) in [6.45, 7) is 7.56. The number of nitrogens with one attached hydrogen (secondary N) is 2. The fourth-order valence-corrected chi connectivity index (χ4v) is 4.92. The van der Waals surface area contributed by atoms with Crippen molar-refractivity contribution in [1.82, 2.24) is 15.0 Å². The van der Waals surface area contributed by atoms with Gasteiger partial charge in [-0.05, 0) is 13.8 Å². The summed E-state index contributed by atoms with van der Waals surface area (Å²) in [6.07, 6.45) is 0. The van der Waals surface area contributed by atoms with Crippen molar-refractivity contribution in [2.24, 2.45) is 5.41 Å². The van der Waals surface area contributed by atoms with Crippen LogP contribution in [-0.4, -0.2) is 31.9 Å². The van der Waals surface area contributed by atoms with Crippen LogP contribution >= 0.6 is 11.3 Å². The Morgan fingerprint density at radius 3 is 2.47 bits per heavy atom. The Bertz CT molecular complexity index is 619. The normalized spacial score (nSPS) is 22.5. The molecule has 1 fully saturated rings. The van der Waals surface area contributed by atoms with Gasteiger partial charge < -0.3 is 5.32 Å². The molecule has 0 radical (unpaired) electrons. The van der Waals surface area contributed by atoms with Crippen molar-refractivity contribution in [3.8, 4) is 0 Å². The van der Waals surface area contributed by atoms with Crippen LogP contribution in [0.1, 0.15) is 24.5 Å². The number of sulfonamides is 1. The summed E-state index contributed by atoms with van der Waals surface area (Å²) in [4.78, 5) is 15.8. The van der Waals surface area contributed by atoms with Gasteiger partial charge in [0.15, 0.2) is 4.21 Å². The highest BCUT2D eigenvalue weighted by molar-refractivity contribution is 7.91. The molecule has 1 aromatic heterocycles. The number of rotatable bonds is 3. The van der Waals surface area contributed by atoms with E-state index >= 15 is 0 Å². The number of aryl methyl sites for hydroxylation is 2. The van der Waals surface area contributed by atoms with Crippen LogP contribution < -0.4 is 10.0 Å². The van der Waals surface area contributed by atoms with Crippen LogP contribution in [0.15, 0.2) is 4.21 Å². The lowest BCUT2D eigenvalue weighted by atomic mass is 9.88. The van der Waals surface area contributed by atoms with Crippen molar-refractivity contribution < 1.29 is 13.2 Å². The SMILES string of the molecule is Cc1nc(C)c(S(=O)(=O)NC2C(=O)NCC2(C)C)s1. The van der Waals surface area contributed by atoms with Crippen LogP contribution in [-0.2, 0) is 14.8 Å². The van der Waals surface area contributed by atoms with Crippen LogP contribution in [0.25, 0.3) is 0 Å². The second-order valence-corrected chi connectivity index (χ2v) is 8.48. The molecule has 1 aliphatic rings. The maximum Gasteiger partial charge on any atom is 0.252 e. The number of aromatic nitrogens is 1. The van der Waals surface area contributed by atoms with Gasteiger partial charge in [0.25, 0.3) is 10.0 Å². The van der Waals surface area contributed by atoms with Gasteiger partial charge in [-0.1, -0.05) is 13.8 Å². The largest absolute Gasteiger partial charge is 0.354 e. The van der Waals surface area contributed by atoms with E-state index in [-0.39, 0.29) is 10.1 Å². The summed E-state index contributed by atoms with van der Waals surface area (Å²) in [7, 11) is -3.71. The van der Waals surface area contributed by atoms with Gasteiger partial charge in [0.2, 0.25) is 5.91 Å². The van der Waals surface area contributed by atoms with E-state index in [9.17, 15) is 13.2 Å². The van der Waals surface area contributed by atoms with E-state index < -0.39 is 21.5 Å². The predicted molar refractivity (Wildman–Crippen MR) is 72.5 cm³/mol. The highest BCUT2D eigenvalue weighted by Gasteiger charge is 2.44. The number of hydrogen-bond acceptors (Lipinski definition) is 5. The monoisotopic (exact) mass is 303 g/mol. The Balaban J connectivity index is 2.32. The van der Waals surface area contributed by atoms with E-state index in [0.29, 0.717) is 17.2 Å². The zero-order valence-corrected chi connectivity index (χ0v) is 12.9. The number of hydrogen-bond donors (Lipinski definition) is 2. The van der Waals surface area contributed by atoms with E-state index in [0.717, 1.165) is 11.3 Å². The molecule has 19 heavy (non-hydrogen) atoms. The molecule has 1 atom stereocenters. The third-order valence-corrected chi connectivity index (χ3v) is 6.25. The van der Waals surface area contributed by atoms with Gasteiger partial charge in [0.1, 0.15) is 6.04 Å². The van der Waals surface area contributed by atoms with E-state index in [4.69, 9.17) is 0 Å². The summed E-state index contributed by atoms with van der Waals surface area (Å²) in [5.41, 5.74) is 0.0174. The first kappa shape index (κ1) is 14.4. The highest BCUT2D eigenvalue weighted by Crippen LogP contribution is 2.28. The van der Waals surface area contributed by atoms with Gasteiger partial charge in [0, 0.05) is 12.0 Å². The zero-order valence-electron chi connectivity index (χ0n) is 11.3. The number of thiazole rings is 1. The first-order valence-electron chi connectivity index (χ1n) is 5.87. The maximum absolute atomic E-state index is 12.3. The van der Waals surface area contributed by atoms with Gasteiger partial charge in [-0.15, -0.1) is 11.3 Å². The molecule has 2 heterocycles. The van der Waals surface area contributed by atoms with Gasteiger partial charge in [-0.2, -0.15) is 4.72 Å². The standard InChI is InChI=1S/C11H17N3O3S2/c1-6-10(18-7(2)13-6)19(16,17)14-8-9(15)12-5-11(8,3)4/h8,14H,5H2,1-4H3,(H,12,15). The predicted octanol–water partition coefficient (Wildman–Crippen LogP) is 0.563. The number of amides is 1. The van der Waals surface area contributed by atoms with E-state index in [2.05, 4.69) is 15.0 Å². The molecule has 6 nitrogen and oxygen atoms in total. The third kappa shape index (κ3) is 2.65. The summed E-state index contributed by atoms with van der Waals surface area (Å²) >= 11 is 1.11. The number of carbonyl (C=O) groups excluding carboxylic acids is 1. The van der Waals surface area contributed by atoms with Crippen molar-refractivity contribution in [3.63, 3.8) is 0 Å². The van der Waals surface area contributed by atoms with Crippen LogP contribution in [0.5, 0.6) is 0 Å². The molecule has 0 aromatic carbocycles. The minimum Gasteiger partial charge on any atom is -0.354 e. The molecule has 2 rings (SSSR count). The van der Waals surface area contributed by atoms with Crippen LogP contribution in [0.2, 0.25) is 0 Å². The summed E-state index contributed by atoms with van der Waals surface area (Å²) in [5.74, 6) is -0.285. The average Bonchev–Trinajstić information content (AvgIpc) is 2.73. The number of nitrogens with zero attached hydrogens (tertiary/aromatic N) is 1. The molecule has 1 saturated heterocycles. The lowest BCUT2D eigenvalue weighted by molar-refractivity contribution is -0.121. The molecule has 8 heteroatoms. The summed E-state index contributed by atoms with van der Waals surface area (Å²) in [5, 5.41) is 3.36. The molecule has 0 saturated carbocycles. The molecule has 1 aliphatic heterocycles. The molecule has 1 aromatic rings. The zero-order chi connectivity index (χ0) is 14.4. The molecule has 106 valence electrons. The Labute approximate surface area is 116 Å². The Morgan fingerprint density at radius 2 is 2.05 bits per heavy atom. The van der Waals surface area contributed by atoms with E-state index in [1.54, 1.807) is 13.8 Å². The Kier molecular flexibility index (Phi) is 3.44. The van der Waals surface area contributed by atoms with Crippen molar-refractivity contribution in [2.75, 3.05) is 6.54 Å². The Hall–Kier alpha value is -0.990. The molecule has 1 amide bonds. The van der Waals surface area contributed by atoms with Gasteiger partial charge in [-0.25, -0.2) is 13.4 Å². The van der Waals surface area contributed by atoms with Crippen molar-refractivity contribution >= 4 is 27.3 Å².